The second-order valence-corrected chi connectivity index (χ2v) is 5.61. The average molecular weight is 368 g/mol. The third-order valence-electron chi connectivity index (χ3n) is 3.55. The number of carbonyl (C=O) groups excluding carboxylic acids is 1. The zero-order valence-corrected chi connectivity index (χ0v) is 15.0. The lowest BCUT2D eigenvalue weighted by Crippen LogP contribution is -2.31. The molecule has 2 aromatic rings. The van der Waals surface area contributed by atoms with Crippen molar-refractivity contribution in [1.82, 2.24) is 4.90 Å². The number of rotatable bonds is 7. The Balaban J connectivity index is 2.02. The molecule has 0 saturated carbocycles. The van der Waals surface area contributed by atoms with E-state index in [-0.39, 0.29) is 29.8 Å². The van der Waals surface area contributed by atoms with E-state index in [0.717, 1.165) is 0 Å². The Morgan fingerprint density at radius 1 is 1.16 bits per heavy atom. The number of hydrogen-bond acceptors (Lipinski definition) is 4. The van der Waals surface area contributed by atoms with Gasteiger partial charge in [0.25, 0.3) is 5.91 Å². The second-order valence-electron chi connectivity index (χ2n) is 5.20. The molecule has 0 saturated heterocycles. The molecule has 0 radical (unpaired) electrons. The molecule has 0 spiro atoms. The summed E-state index contributed by atoms with van der Waals surface area (Å²) in [7, 11) is 4.56. The predicted octanol–water partition coefficient (Wildman–Crippen LogP) is 3.65. The van der Waals surface area contributed by atoms with E-state index in [2.05, 4.69) is 0 Å². The van der Waals surface area contributed by atoms with Gasteiger partial charge in [-0.05, 0) is 24.3 Å². The van der Waals surface area contributed by atoms with Crippen LogP contribution in [0.4, 0.5) is 4.39 Å². The fourth-order valence-electron chi connectivity index (χ4n) is 2.22. The monoisotopic (exact) mass is 367 g/mol. The normalized spacial score (nSPS) is 10.3. The van der Waals surface area contributed by atoms with Crippen molar-refractivity contribution in [2.24, 2.45) is 0 Å². The fourth-order valence-corrected chi connectivity index (χ4v) is 2.51. The van der Waals surface area contributed by atoms with Crippen LogP contribution in [0.5, 0.6) is 17.2 Å². The Morgan fingerprint density at radius 2 is 1.88 bits per heavy atom. The molecule has 0 aromatic heterocycles. The van der Waals surface area contributed by atoms with Gasteiger partial charge in [-0.1, -0.05) is 23.7 Å². The van der Waals surface area contributed by atoms with Gasteiger partial charge >= 0.3 is 0 Å². The van der Waals surface area contributed by atoms with E-state index in [1.165, 1.54) is 37.3 Å². The van der Waals surface area contributed by atoms with Crippen LogP contribution in [0.2, 0.25) is 5.02 Å². The minimum atomic E-state index is -0.442. The Hall–Kier alpha value is -2.47. The average Bonchev–Trinajstić information content (AvgIpc) is 2.61. The van der Waals surface area contributed by atoms with Crippen molar-refractivity contribution in [2.75, 3.05) is 34.4 Å². The molecule has 0 aliphatic carbocycles. The highest BCUT2D eigenvalue weighted by atomic mass is 35.5. The summed E-state index contributed by atoms with van der Waals surface area (Å²) in [4.78, 5) is 14.0. The number of halogens is 2. The topological polar surface area (TPSA) is 48.0 Å². The summed E-state index contributed by atoms with van der Waals surface area (Å²) in [6.07, 6.45) is 0. The van der Waals surface area contributed by atoms with Gasteiger partial charge in [-0.25, -0.2) is 4.39 Å². The highest BCUT2D eigenvalue weighted by Crippen LogP contribution is 2.36. The van der Waals surface area contributed by atoms with Crippen molar-refractivity contribution >= 4 is 17.5 Å². The van der Waals surface area contributed by atoms with Gasteiger partial charge in [0.1, 0.15) is 6.61 Å². The minimum Gasteiger partial charge on any atom is -0.493 e. The molecule has 0 atom stereocenters. The van der Waals surface area contributed by atoms with Gasteiger partial charge in [0, 0.05) is 12.6 Å². The molecule has 2 aromatic carbocycles. The number of amides is 1. The van der Waals surface area contributed by atoms with E-state index in [0.29, 0.717) is 17.1 Å². The van der Waals surface area contributed by atoms with Crippen molar-refractivity contribution in [1.29, 1.82) is 0 Å². The van der Waals surface area contributed by atoms with Crippen LogP contribution >= 0.6 is 11.6 Å². The van der Waals surface area contributed by atoms with Crippen LogP contribution < -0.4 is 14.2 Å². The van der Waals surface area contributed by atoms with E-state index in [1.807, 2.05) is 0 Å². The Bertz CT molecular complexity index is 754. The number of benzene rings is 2. The van der Waals surface area contributed by atoms with Crippen LogP contribution in [0.15, 0.2) is 36.4 Å². The van der Waals surface area contributed by atoms with Crippen LogP contribution in [0.25, 0.3) is 0 Å². The van der Waals surface area contributed by atoms with Crippen molar-refractivity contribution in [3.63, 3.8) is 0 Å². The number of methoxy groups -OCH3 is 2. The fraction of sp³-hybridized carbons (Fsp3) is 0.278. The first-order valence-electron chi connectivity index (χ1n) is 7.52. The first-order chi connectivity index (χ1) is 12.0. The van der Waals surface area contributed by atoms with Crippen molar-refractivity contribution in [3.8, 4) is 17.2 Å². The Labute approximate surface area is 150 Å². The summed E-state index contributed by atoms with van der Waals surface area (Å²) >= 11 is 6.12. The molecule has 1 amide bonds. The van der Waals surface area contributed by atoms with Crippen LogP contribution in [0.3, 0.4) is 0 Å². The van der Waals surface area contributed by atoms with Crippen LogP contribution in [-0.2, 0) is 0 Å². The summed E-state index contributed by atoms with van der Waals surface area (Å²) in [6.45, 7) is 0.434. The van der Waals surface area contributed by atoms with Gasteiger partial charge in [0.15, 0.2) is 23.1 Å². The summed E-state index contributed by atoms with van der Waals surface area (Å²) in [6, 6.07) is 9.18. The Kier molecular flexibility index (Phi) is 6.47. The third kappa shape index (κ3) is 4.54. The lowest BCUT2D eigenvalue weighted by Gasteiger charge is -2.19. The summed E-state index contributed by atoms with van der Waals surface area (Å²) in [5, 5.41) is 0.279. The maximum Gasteiger partial charge on any atom is 0.253 e. The van der Waals surface area contributed by atoms with Crippen LogP contribution in [0, 0.1) is 5.82 Å². The van der Waals surface area contributed by atoms with Gasteiger partial charge in [0.05, 0.1) is 25.8 Å². The molecule has 0 aliphatic heterocycles. The molecule has 0 aliphatic rings. The molecule has 5 nitrogen and oxygen atoms in total. The van der Waals surface area contributed by atoms with E-state index in [9.17, 15) is 9.18 Å². The van der Waals surface area contributed by atoms with E-state index in [4.69, 9.17) is 25.8 Å². The SMILES string of the molecule is COc1cc(C(=O)N(C)CCOc2ccccc2F)cc(Cl)c1OC. The van der Waals surface area contributed by atoms with Crippen molar-refractivity contribution in [3.05, 3.63) is 52.8 Å². The molecule has 0 fully saturated rings. The van der Waals surface area contributed by atoms with Crippen LogP contribution in [-0.4, -0.2) is 45.2 Å². The third-order valence-corrected chi connectivity index (χ3v) is 3.83. The van der Waals surface area contributed by atoms with Gasteiger partial charge < -0.3 is 19.1 Å². The highest BCUT2D eigenvalue weighted by Gasteiger charge is 2.18. The number of hydrogen-bond donors (Lipinski definition) is 0. The second kappa shape index (κ2) is 8.58. The van der Waals surface area contributed by atoms with E-state index < -0.39 is 5.82 Å². The lowest BCUT2D eigenvalue weighted by atomic mass is 10.1. The number of nitrogens with zero attached hydrogens (tertiary/aromatic N) is 1. The van der Waals surface area contributed by atoms with Crippen LogP contribution in [0.1, 0.15) is 10.4 Å². The van der Waals surface area contributed by atoms with Crippen molar-refractivity contribution < 1.29 is 23.4 Å². The van der Waals surface area contributed by atoms with Gasteiger partial charge in [-0.15, -0.1) is 0 Å². The summed E-state index contributed by atoms with van der Waals surface area (Å²) in [5.74, 6) is 0.182. The Morgan fingerprint density at radius 3 is 2.52 bits per heavy atom. The van der Waals surface area contributed by atoms with Crippen molar-refractivity contribution in [2.45, 2.75) is 0 Å². The molecule has 0 N–H and O–H groups in total. The maximum atomic E-state index is 13.5. The first-order valence-corrected chi connectivity index (χ1v) is 7.90. The van der Waals surface area contributed by atoms with Gasteiger partial charge in [-0.2, -0.15) is 0 Å². The standard InChI is InChI=1S/C18H19ClFNO4/c1-21(8-9-25-15-7-5-4-6-14(15)20)18(22)12-10-13(19)17(24-3)16(11-12)23-2/h4-7,10-11H,8-9H2,1-3H3. The molecule has 0 heterocycles. The number of likely N-dealkylation sites (N-methyl/N-ethyl adjacent to an activating group) is 1. The molecule has 7 heteroatoms. The predicted molar refractivity (Wildman–Crippen MR) is 93.4 cm³/mol. The zero-order valence-electron chi connectivity index (χ0n) is 14.2. The maximum absolute atomic E-state index is 13.5. The molecular weight excluding hydrogens is 349 g/mol. The number of para-hydroxylation sites is 1. The molecule has 25 heavy (non-hydrogen) atoms. The number of carbonyl (C=O) groups is 1. The number of ether oxygens (including phenoxy) is 3. The highest BCUT2D eigenvalue weighted by molar-refractivity contribution is 6.32. The van der Waals surface area contributed by atoms with E-state index >= 15 is 0 Å². The molecule has 2 rings (SSSR count). The quantitative estimate of drug-likeness (QED) is 0.749. The van der Waals surface area contributed by atoms with E-state index in [1.54, 1.807) is 25.2 Å². The molecular formula is C18H19ClFNO4. The summed E-state index contributed by atoms with van der Waals surface area (Å²) < 4.78 is 29.2. The van der Waals surface area contributed by atoms with Gasteiger partial charge in [-0.3, -0.25) is 4.79 Å². The molecule has 134 valence electrons. The summed E-state index contributed by atoms with van der Waals surface area (Å²) in [5.41, 5.74) is 0.357. The zero-order chi connectivity index (χ0) is 18.4. The minimum absolute atomic E-state index is 0.150. The van der Waals surface area contributed by atoms with Gasteiger partial charge in [0.2, 0.25) is 0 Å². The smallest absolute Gasteiger partial charge is 0.253 e. The molecule has 0 bridgehead atoms. The largest absolute Gasteiger partial charge is 0.493 e. The lowest BCUT2D eigenvalue weighted by molar-refractivity contribution is 0.0772. The molecule has 0 unspecified atom stereocenters. The first kappa shape index (κ1) is 18.9.